The largest absolute Gasteiger partial charge is 0.497 e. The number of rotatable bonds is 11. The lowest BCUT2D eigenvalue weighted by Gasteiger charge is -2.32. The Bertz CT molecular complexity index is 853. The van der Waals surface area contributed by atoms with Crippen LogP contribution in [0.15, 0.2) is 36.4 Å². The number of hydrogen-bond donors (Lipinski definition) is 1. The Balaban J connectivity index is 2.39. The summed E-state index contributed by atoms with van der Waals surface area (Å²) in [5.41, 5.74) is 7.43. The molecule has 2 rings (SSSR count). The summed E-state index contributed by atoms with van der Waals surface area (Å²) in [5.74, 6) is 1.57. The van der Waals surface area contributed by atoms with Crippen molar-refractivity contribution in [3.8, 4) is 17.2 Å². The number of hydrogen-bond acceptors (Lipinski definition) is 7. The zero-order valence-electron chi connectivity index (χ0n) is 18.3. The van der Waals surface area contributed by atoms with Gasteiger partial charge in [-0.25, -0.2) is 0 Å². The van der Waals surface area contributed by atoms with Gasteiger partial charge in [-0.3, -0.25) is 15.0 Å². The summed E-state index contributed by atoms with van der Waals surface area (Å²) in [6.45, 7) is 6.31. The molecule has 0 unspecified atom stereocenters. The van der Waals surface area contributed by atoms with Gasteiger partial charge in [-0.05, 0) is 35.7 Å². The van der Waals surface area contributed by atoms with Gasteiger partial charge in [0.25, 0.3) is 5.69 Å². The van der Waals surface area contributed by atoms with Gasteiger partial charge in [0, 0.05) is 25.2 Å². The highest BCUT2D eigenvalue weighted by molar-refractivity contribution is 5.54. The fourth-order valence-corrected chi connectivity index (χ4v) is 3.27. The number of benzene rings is 2. The quantitative estimate of drug-likeness (QED) is 0.440. The van der Waals surface area contributed by atoms with Crippen molar-refractivity contribution < 1.29 is 19.1 Å². The number of ether oxygens (including phenoxy) is 3. The maximum atomic E-state index is 11.7. The van der Waals surface area contributed by atoms with Crippen molar-refractivity contribution in [2.45, 2.75) is 26.9 Å². The molecule has 0 bridgehead atoms. The molecule has 0 heterocycles. The third kappa shape index (κ3) is 6.08. The Labute approximate surface area is 177 Å². The van der Waals surface area contributed by atoms with Crippen LogP contribution in [0.4, 0.5) is 5.69 Å². The SMILES string of the molecule is COc1ccc(CN(Cc2cc(OC)c(OC)cc2[N+](=O)[O-])CC(C)(C)CN)cc1. The van der Waals surface area contributed by atoms with Gasteiger partial charge in [-0.1, -0.05) is 26.0 Å². The average molecular weight is 418 g/mol. The third-order valence-electron chi connectivity index (χ3n) is 4.94. The highest BCUT2D eigenvalue weighted by atomic mass is 16.6. The molecule has 0 atom stereocenters. The lowest BCUT2D eigenvalue weighted by Crippen LogP contribution is -2.38. The normalized spacial score (nSPS) is 11.4. The molecule has 8 nitrogen and oxygen atoms in total. The maximum absolute atomic E-state index is 11.7. The summed E-state index contributed by atoms with van der Waals surface area (Å²) >= 11 is 0. The van der Waals surface area contributed by atoms with Crippen LogP contribution in [-0.2, 0) is 13.1 Å². The minimum atomic E-state index is -0.392. The van der Waals surface area contributed by atoms with Crippen LogP contribution >= 0.6 is 0 Å². The molecule has 2 aromatic carbocycles. The molecule has 0 aromatic heterocycles. The molecular formula is C22H31N3O5. The highest BCUT2D eigenvalue weighted by Gasteiger charge is 2.25. The van der Waals surface area contributed by atoms with Gasteiger partial charge in [0.15, 0.2) is 11.5 Å². The van der Waals surface area contributed by atoms with Crippen molar-refractivity contribution in [3.05, 3.63) is 57.6 Å². The fraction of sp³-hybridized carbons (Fsp3) is 0.455. The molecule has 0 spiro atoms. The van der Waals surface area contributed by atoms with Crippen LogP contribution in [0, 0.1) is 15.5 Å². The molecule has 8 heteroatoms. The molecule has 2 aromatic rings. The van der Waals surface area contributed by atoms with Crippen LogP contribution in [0.5, 0.6) is 17.2 Å². The summed E-state index contributed by atoms with van der Waals surface area (Å²) in [6.07, 6.45) is 0. The molecule has 0 radical (unpaired) electrons. The number of methoxy groups -OCH3 is 3. The van der Waals surface area contributed by atoms with E-state index < -0.39 is 4.92 Å². The predicted octanol–water partition coefficient (Wildman–Crippen LogP) is 3.61. The second-order valence-electron chi connectivity index (χ2n) is 7.95. The summed E-state index contributed by atoms with van der Waals surface area (Å²) in [7, 11) is 4.60. The Morgan fingerprint density at radius 3 is 2.10 bits per heavy atom. The summed E-state index contributed by atoms with van der Waals surface area (Å²) in [4.78, 5) is 13.5. The number of nitrogens with two attached hydrogens (primary N) is 1. The van der Waals surface area contributed by atoms with Gasteiger partial charge in [-0.2, -0.15) is 0 Å². The van der Waals surface area contributed by atoms with E-state index in [2.05, 4.69) is 18.7 Å². The molecule has 0 saturated heterocycles. The van der Waals surface area contributed by atoms with Gasteiger partial charge in [0.2, 0.25) is 0 Å². The first-order valence-electron chi connectivity index (χ1n) is 9.67. The number of nitro benzene ring substituents is 1. The fourth-order valence-electron chi connectivity index (χ4n) is 3.27. The molecule has 2 N–H and O–H groups in total. The van der Waals surface area contributed by atoms with Crippen molar-refractivity contribution in [2.75, 3.05) is 34.4 Å². The van der Waals surface area contributed by atoms with E-state index in [0.29, 0.717) is 43.2 Å². The van der Waals surface area contributed by atoms with Crippen LogP contribution in [-0.4, -0.2) is 44.2 Å². The lowest BCUT2D eigenvalue weighted by molar-refractivity contribution is -0.385. The van der Waals surface area contributed by atoms with Crippen LogP contribution in [0.2, 0.25) is 0 Å². The molecule has 30 heavy (non-hydrogen) atoms. The van der Waals surface area contributed by atoms with Crippen molar-refractivity contribution in [2.24, 2.45) is 11.1 Å². The Kier molecular flexibility index (Phi) is 8.02. The minimum Gasteiger partial charge on any atom is -0.497 e. The molecule has 0 aliphatic heterocycles. The molecule has 0 fully saturated rings. The first-order valence-corrected chi connectivity index (χ1v) is 9.67. The van der Waals surface area contributed by atoms with E-state index in [1.807, 2.05) is 24.3 Å². The number of nitro groups is 1. The van der Waals surface area contributed by atoms with Crippen molar-refractivity contribution in [1.29, 1.82) is 0 Å². The minimum absolute atomic E-state index is 0.00191. The Morgan fingerprint density at radius 2 is 1.60 bits per heavy atom. The second kappa shape index (κ2) is 10.3. The van der Waals surface area contributed by atoms with E-state index in [0.717, 1.165) is 11.3 Å². The second-order valence-corrected chi connectivity index (χ2v) is 7.95. The van der Waals surface area contributed by atoms with Gasteiger partial charge >= 0.3 is 0 Å². The lowest BCUT2D eigenvalue weighted by atomic mass is 9.92. The van der Waals surface area contributed by atoms with Crippen LogP contribution < -0.4 is 19.9 Å². The summed E-state index contributed by atoms with van der Waals surface area (Å²) < 4.78 is 15.8. The number of nitrogens with zero attached hydrogens (tertiary/aromatic N) is 2. The standard InChI is InChI=1S/C22H31N3O5/c1-22(2,14-23)15-24(12-16-6-8-18(28-3)9-7-16)13-17-10-20(29-4)21(30-5)11-19(17)25(26)27/h6-11H,12-15,23H2,1-5H3. The van der Waals surface area contributed by atoms with E-state index in [4.69, 9.17) is 19.9 Å². The zero-order chi connectivity index (χ0) is 22.3. The van der Waals surface area contributed by atoms with Gasteiger partial charge in [0.05, 0.1) is 32.3 Å². The topological polar surface area (TPSA) is 100 Å². The zero-order valence-corrected chi connectivity index (χ0v) is 18.3. The van der Waals surface area contributed by atoms with Gasteiger partial charge in [-0.15, -0.1) is 0 Å². The first kappa shape index (κ1) is 23.4. The van der Waals surface area contributed by atoms with Gasteiger partial charge in [0.1, 0.15) is 5.75 Å². The summed E-state index contributed by atoms with van der Waals surface area (Å²) in [6, 6.07) is 10.9. The van der Waals surface area contributed by atoms with Crippen molar-refractivity contribution >= 4 is 5.69 Å². The predicted molar refractivity (Wildman–Crippen MR) is 116 cm³/mol. The Morgan fingerprint density at radius 1 is 1.00 bits per heavy atom. The molecule has 164 valence electrons. The monoisotopic (exact) mass is 417 g/mol. The summed E-state index contributed by atoms with van der Waals surface area (Å²) in [5, 5.41) is 11.7. The van der Waals surface area contributed by atoms with E-state index in [-0.39, 0.29) is 11.1 Å². The van der Waals surface area contributed by atoms with Gasteiger partial charge < -0.3 is 19.9 Å². The van der Waals surface area contributed by atoms with E-state index >= 15 is 0 Å². The van der Waals surface area contributed by atoms with Crippen molar-refractivity contribution in [1.82, 2.24) is 4.90 Å². The van der Waals surface area contributed by atoms with Crippen LogP contribution in [0.3, 0.4) is 0 Å². The molecular weight excluding hydrogens is 386 g/mol. The third-order valence-corrected chi connectivity index (χ3v) is 4.94. The van der Waals surface area contributed by atoms with Crippen LogP contribution in [0.25, 0.3) is 0 Å². The smallest absolute Gasteiger partial charge is 0.277 e. The molecule has 0 saturated carbocycles. The highest BCUT2D eigenvalue weighted by Crippen LogP contribution is 2.35. The molecule has 0 amide bonds. The maximum Gasteiger partial charge on any atom is 0.277 e. The van der Waals surface area contributed by atoms with E-state index in [1.165, 1.54) is 20.3 Å². The van der Waals surface area contributed by atoms with Crippen LogP contribution in [0.1, 0.15) is 25.0 Å². The van der Waals surface area contributed by atoms with E-state index in [1.54, 1.807) is 13.2 Å². The molecule has 0 aliphatic rings. The molecule has 0 aliphatic carbocycles. The average Bonchev–Trinajstić information content (AvgIpc) is 2.73. The Hall–Kier alpha value is -2.84. The van der Waals surface area contributed by atoms with E-state index in [9.17, 15) is 10.1 Å². The van der Waals surface area contributed by atoms with Crippen molar-refractivity contribution in [3.63, 3.8) is 0 Å². The first-order chi connectivity index (χ1) is 14.2.